The molecule has 0 saturated heterocycles. The fourth-order valence-electron chi connectivity index (χ4n) is 1.93. The first-order valence-electron chi connectivity index (χ1n) is 7.50. The monoisotopic (exact) mass is 355 g/mol. The molecule has 26 heavy (non-hydrogen) atoms. The molecule has 8 nitrogen and oxygen atoms in total. The van der Waals surface area contributed by atoms with Gasteiger partial charge in [-0.05, 0) is 36.4 Å². The van der Waals surface area contributed by atoms with Crippen LogP contribution in [-0.4, -0.2) is 37.0 Å². The fourth-order valence-corrected chi connectivity index (χ4v) is 1.93. The lowest BCUT2D eigenvalue weighted by molar-refractivity contribution is -0.138. The molecule has 0 unspecified atom stereocenters. The largest absolute Gasteiger partial charge is 0.466 e. The molecule has 2 aromatic rings. The summed E-state index contributed by atoms with van der Waals surface area (Å²) in [6.07, 6.45) is 4.04. The van der Waals surface area contributed by atoms with Gasteiger partial charge in [0.25, 0.3) is 5.91 Å². The van der Waals surface area contributed by atoms with E-state index in [4.69, 9.17) is 0 Å². The van der Waals surface area contributed by atoms with Crippen molar-refractivity contribution < 1.29 is 23.9 Å². The van der Waals surface area contributed by atoms with Crippen molar-refractivity contribution in [3.8, 4) is 0 Å². The van der Waals surface area contributed by atoms with Crippen LogP contribution in [0.25, 0.3) is 0 Å². The zero-order valence-electron chi connectivity index (χ0n) is 14.2. The van der Waals surface area contributed by atoms with E-state index in [0.29, 0.717) is 16.9 Å². The zero-order valence-corrected chi connectivity index (χ0v) is 14.2. The molecule has 0 atom stereocenters. The number of nitrogens with zero attached hydrogens (tertiary/aromatic N) is 1. The molecule has 134 valence electrons. The summed E-state index contributed by atoms with van der Waals surface area (Å²) in [4.78, 5) is 39.0. The van der Waals surface area contributed by atoms with Gasteiger partial charge in [0.05, 0.1) is 25.9 Å². The number of nitrogens with one attached hydrogen (secondary N) is 2. The van der Waals surface area contributed by atoms with Gasteiger partial charge in [0.2, 0.25) is 0 Å². The van der Waals surface area contributed by atoms with E-state index >= 15 is 0 Å². The predicted molar refractivity (Wildman–Crippen MR) is 94.4 cm³/mol. The second-order valence-electron chi connectivity index (χ2n) is 4.97. The molecule has 2 rings (SSSR count). The molecule has 0 radical (unpaired) electrons. The number of hydrogen-bond donors (Lipinski definition) is 2. The molecule has 0 saturated carbocycles. The maximum absolute atomic E-state index is 12.1. The normalized spacial score (nSPS) is 10.6. The number of benzene rings is 1. The highest BCUT2D eigenvalue weighted by molar-refractivity contribution is 6.04. The summed E-state index contributed by atoms with van der Waals surface area (Å²) in [6.45, 7) is 0. The van der Waals surface area contributed by atoms with E-state index in [1.807, 2.05) is 0 Å². The number of methoxy groups -OCH3 is 2. The number of carbonyl (C=O) groups is 3. The summed E-state index contributed by atoms with van der Waals surface area (Å²) in [7, 11) is 2.40. The second-order valence-corrected chi connectivity index (χ2v) is 4.97. The minimum absolute atomic E-state index is 0.0773. The number of rotatable bonds is 6. The van der Waals surface area contributed by atoms with Crippen molar-refractivity contribution in [2.45, 2.75) is 0 Å². The van der Waals surface area contributed by atoms with Gasteiger partial charge < -0.3 is 20.1 Å². The number of amides is 1. The Hall–Kier alpha value is -3.68. The van der Waals surface area contributed by atoms with Gasteiger partial charge in [0, 0.05) is 23.8 Å². The highest BCUT2D eigenvalue weighted by Gasteiger charge is 2.13. The topological polar surface area (TPSA) is 107 Å². The second kappa shape index (κ2) is 8.97. The van der Waals surface area contributed by atoms with Gasteiger partial charge in [-0.25, -0.2) is 9.59 Å². The number of ether oxygens (including phenoxy) is 2. The quantitative estimate of drug-likeness (QED) is 0.603. The SMILES string of the molecule is COC(=O)/C=C(/Nc1ccc(NC(=O)c2cccnc2)cc1)C(=O)OC. The van der Waals surface area contributed by atoms with Crippen LogP contribution in [0.15, 0.2) is 60.6 Å². The Labute approximate surface area is 149 Å². The Morgan fingerprint density at radius 2 is 1.62 bits per heavy atom. The molecule has 1 heterocycles. The molecule has 1 aromatic heterocycles. The Morgan fingerprint density at radius 1 is 0.962 bits per heavy atom. The molecule has 2 N–H and O–H groups in total. The van der Waals surface area contributed by atoms with E-state index in [1.165, 1.54) is 20.4 Å². The molecule has 0 aliphatic heterocycles. The van der Waals surface area contributed by atoms with E-state index < -0.39 is 11.9 Å². The smallest absolute Gasteiger partial charge is 0.354 e. The first-order chi connectivity index (χ1) is 12.5. The molecule has 0 bridgehead atoms. The lowest BCUT2D eigenvalue weighted by atomic mass is 10.2. The lowest BCUT2D eigenvalue weighted by Gasteiger charge is -2.10. The molecule has 0 fully saturated rings. The van der Waals surface area contributed by atoms with Crippen LogP contribution in [-0.2, 0) is 19.1 Å². The van der Waals surface area contributed by atoms with Crippen molar-refractivity contribution in [1.29, 1.82) is 0 Å². The zero-order chi connectivity index (χ0) is 18.9. The van der Waals surface area contributed by atoms with Gasteiger partial charge in [0.15, 0.2) is 0 Å². The van der Waals surface area contributed by atoms with Crippen LogP contribution in [0.5, 0.6) is 0 Å². The summed E-state index contributed by atoms with van der Waals surface area (Å²) in [5, 5.41) is 5.50. The molecule has 1 aromatic carbocycles. The minimum Gasteiger partial charge on any atom is -0.466 e. The van der Waals surface area contributed by atoms with Crippen LogP contribution in [0.2, 0.25) is 0 Å². The van der Waals surface area contributed by atoms with Crippen molar-refractivity contribution in [3.05, 3.63) is 66.1 Å². The van der Waals surface area contributed by atoms with E-state index in [-0.39, 0.29) is 11.6 Å². The Morgan fingerprint density at radius 3 is 2.15 bits per heavy atom. The number of carbonyl (C=O) groups excluding carboxylic acids is 3. The van der Waals surface area contributed by atoms with Gasteiger partial charge >= 0.3 is 11.9 Å². The summed E-state index contributed by atoms with van der Waals surface area (Å²) < 4.78 is 9.12. The van der Waals surface area contributed by atoms with Crippen LogP contribution in [0.4, 0.5) is 11.4 Å². The van der Waals surface area contributed by atoms with Gasteiger partial charge in [-0.3, -0.25) is 9.78 Å². The number of aromatic nitrogens is 1. The van der Waals surface area contributed by atoms with Gasteiger partial charge in [-0.15, -0.1) is 0 Å². The molecule has 0 aliphatic rings. The summed E-state index contributed by atoms with van der Waals surface area (Å²) >= 11 is 0. The molecule has 0 aliphatic carbocycles. The molecule has 0 spiro atoms. The first-order valence-corrected chi connectivity index (χ1v) is 7.50. The molecule has 8 heteroatoms. The maximum Gasteiger partial charge on any atom is 0.354 e. The van der Waals surface area contributed by atoms with Crippen molar-refractivity contribution in [3.63, 3.8) is 0 Å². The summed E-state index contributed by atoms with van der Waals surface area (Å²) in [5.41, 5.74) is 1.43. The molecular weight excluding hydrogens is 338 g/mol. The fraction of sp³-hybridized carbons (Fsp3) is 0.111. The Kier molecular flexibility index (Phi) is 6.44. The van der Waals surface area contributed by atoms with Crippen LogP contribution in [0.3, 0.4) is 0 Å². The van der Waals surface area contributed by atoms with Crippen molar-refractivity contribution in [1.82, 2.24) is 4.98 Å². The highest BCUT2D eigenvalue weighted by atomic mass is 16.5. The summed E-state index contributed by atoms with van der Waals surface area (Å²) in [6, 6.07) is 9.87. The van der Waals surface area contributed by atoms with Gasteiger partial charge in [-0.1, -0.05) is 0 Å². The van der Waals surface area contributed by atoms with E-state index in [2.05, 4.69) is 25.1 Å². The summed E-state index contributed by atoms with van der Waals surface area (Å²) in [5.74, 6) is -1.71. The number of esters is 2. The number of pyridine rings is 1. The third-order valence-electron chi connectivity index (χ3n) is 3.21. The van der Waals surface area contributed by atoms with Crippen LogP contribution in [0, 0.1) is 0 Å². The van der Waals surface area contributed by atoms with Crippen molar-refractivity contribution >= 4 is 29.2 Å². The van der Waals surface area contributed by atoms with Gasteiger partial charge in [-0.2, -0.15) is 0 Å². The van der Waals surface area contributed by atoms with Gasteiger partial charge in [0.1, 0.15) is 5.70 Å². The molecule has 1 amide bonds. The Bertz CT molecular complexity index is 816. The van der Waals surface area contributed by atoms with Crippen molar-refractivity contribution in [2.24, 2.45) is 0 Å². The predicted octanol–water partition coefficient (Wildman–Crippen LogP) is 1.98. The van der Waals surface area contributed by atoms with Crippen LogP contribution >= 0.6 is 0 Å². The minimum atomic E-state index is -0.718. The molecular formula is C18H17N3O5. The number of anilines is 2. The van der Waals surface area contributed by atoms with E-state index in [9.17, 15) is 14.4 Å². The third-order valence-corrected chi connectivity index (χ3v) is 3.21. The number of hydrogen-bond acceptors (Lipinski definition) is 7. The lowest BCUT2D eigenvalue weighted by Crippen LogP contribution is -2.15. The van der Waals surface area contributed by atoms with Crippen molar-refractivity contribution in [2.75, 3.05) is 24.9 Å². The standard InChI is InChI=1S/C18H17N3O5/c1-25-16(22)10-15(18(24)26-2)20-13-5-7-14(8-6-13)21-17(23)12-4-3-9-19-11-12/h3-11,20H,1-2H3,(H,21,23)/b15-10+. The Balaban J connectivity index is 2.08. The van der Waals surface area contributed by atoms with E-state index in [1.54, 1.807) is 42.6 Å². The third kappa shape index (κ3) is 5.17. The first kappa shape index (κ1) is 18.7. The van der Waals surface area contributed by atoms with Crippen LogP contribution in [0.1, 0.15) is 10.4 Å². The maximum atomic E-state index is 12.1. The van der Waals surface area contributed by atoms with Crippen LogP contribution < -0.4 is 10.6 Å². The van der Waals surface area contributed by atoms with E-state index in [0.717, 1.165) is 6.08 Å². The average molecular weight is 355 g/mol. The highest BCUT2D eigenvalue weighted by Crippen LogP contribution is 2.16. The average Bonchev–Trinajstić information content (AvgIpc) is 2.68.